The average molecular weight is 348 g/mol. The fourth-order valence-electron chi connectivity index (χ4n) is 2.67. The number of rotatable bonds is 4. The summed E-state index contributed by atoms with van der Waals surface area (Å²) in [4.78, 5) is 17.9. The molecule has 0 aromatic heterocycles. The monoisotopic (exact) mass is 347 g/mol. The number of aliphatic imine (C=N–C) groups is 1. The maximum Gasteiger partial charge on any atom is 0.211 e. The van der Waals surface area contributed by atoms with Crippen LogP contribution in [0.1, 0.15) is 27.0 Å². The van der Waals surface area contributed by atoms with Gasteiger partial charge in [0.15, 0.2) is 0 Å². The number of halogens is 1. The van der Waals surface area contributed by atoms with Gasteiger partial charge in [-0.15, -0.1) is 0 Å². The first-order valence-corrected chi connectivity index (χ1v) is 8.44. The molecule has 0 spiro atoms. The largest absolute Gasteiger partial charge is 0.287 e. The van der Waals surface area contributed by atoms with Crippen molar-refractivity contribution in [3.05, 3.63) is 100 Å². The molecule has 0 aliphatic heterocycles. The Kier molecular flexibility index (Phi) is 5.11. The number of aryl methyl sites for hydroxylation is 2. The highest BCUT2D eigenvalue weighted by atomic mass is 35.5. The number of nitrogens with zero attached hydrogens (tertiary/aromatic N) is 1. The zero-order valence-electron chi connectivity index (χ0n) is 14.2. The molecule has 0 aliphatic carbocycles. The Labute approximate surface area is 152 Å². The number of carbonyl (C=O) groups is 1. The lowest BCUT2D eigenvalue weighted by Crippen LogP contribution is -2.16. The molecule has 3 rings (SSSR count). The lowest BCUT2D eigenvalue weighted by atomic mass is 10.00. The van der Waals surface area contributed by atoms with Crippen LogP contribution in [0.3, 0.4) is 0 Å². The Balaban J connectivity index is 2.15. The number of para-hydroxylation sites is 1. The molecule has 0 N–H and O–H groups in total. The zero-order chi connectivity index (χ0) is 17.8. The third kappa shape index (κ3) is 3.86. The van der Waals surface area contributed by atoms with E-state index in [9.17, 15) is 4.79 Å². The van der Waals surface area contributed by atoms with E-state index in [2.05, 4.69) is 0 Å². The Bertz CT molecular complexity index is 908. The van der Waals surface area contributed by atoms with Crippen LogP contribution in [0.15, 0.2) is 77.8 Å². The first kappa shape index (κ1) is 17.1. The van der Waals surface area contributed by atoms with Crippen molar-refractivity contribution in [2.75, 3.05) is 0 Å². The Morgan fingerprint density at radius 1 is 0.760 bits per heavy atom. The third-order valence-electron chi connectivity index (χ3n) is 4.03. The van der Waals surface area contributed by atoms with Gasteiger partial charge < -0.3 is 0 Å². The first-order chi connectivity index (χ1) is 12.1. The molecular weight excluding hydrogens is 330 g/mol. The highest BCUT2D eigenvalue weighted by molar-refractivity contribution is 6.51. The summed E-state index contributed by atoms with van der Waals surface area (Å²) in [7, 11) is 0. The lowest BCUT2D eigenvalue weighted by Gasteiger charge is -2.10. The van der Waals surface area contributed by atoms with Crippen LogP contribution in [0.2, 0.25) is 5.02 Å². The van der Waals surface area contributed by atoms with Crippen molar-refractivity contribution in [1.82, 2.24) is 0 Å². The molecule has 0 fully saturated rings. The van der Waals surface area contributed by atoms with Crippen molar-refractivity contribution in [2.24, 2.45) is 4.99 Å². The molecule has 0 aliphatic rings. The van der Waals surface area contributed by atoms with E-state index in [-0.39, 0.29) is 5.78 Å². The lowest BCUT2D eigenvalue weighted by molar-refractivity contribution is 0.106. The van der Waals surface area contributed by atoms with Gasteiger partial charge >= 0.3 is 0 Å². The van der Waals surface area contributed by atoms with Crippen molar-refractivity contribution < 1.29 is 4.79 Å². The topological polar surface area (TPSA) is 29.4 Å². The Morgan fingerprint density at radius 2 is 1.36 bits per heavy atom. The van der Waals surface area contributed by atoms with Crippen molar-refractivity contribution in [2.45, 2.75) is 13.8 Å². The summed E-state index contributed by atoms with van der Waals surface area (Å²) in [5.74, 6) is -0.120. The molecule has 25 heavy (non-hydrogen) atoms. The normalized spacial score (nSPS) is 11.4. The summed E-state index contributed by atoms with van der Waals surface area (Å²) in [5, 5.41) is 0.601. The predicted octanol–water partition coefficient (Wildman–Crippen LogP) is 5.96. The van der Waals surface area contributed by atoms with Gasteiger partial charge in [-0.2, -0.15) is 0 Å². The molecule has 0 heterocycles. The van der Waals surface area contributed by atoms with E-state index in [4.69, 9.17) is 16.6 Å². The van der Waals surface area contributed by atoms with Crippen molar-refractivity contribution in [3.8, 4) is 0 Å². The van der Waals surface area contributed by atoms with Crippen LogP contribution in [0.5, 0.6) is 0 Å². The minimum Gasteiger partial charge on any atom is -0.287 e. The van der Waals surface area contributed by atoms with Crippen molar-refractivity contribution in [3.63, 3.8) is 0 Å². The Hall–Kier alpha value is -2.71. The maximum atomic E-state index is 13.1. The molecule has 0 radical (unpaired) electrons. The van der Waals surface area contributed by atoms with E-state index in [1.165, 1.54) is 0 Å². The number of Topliss-reactive ketones (excluding diaryl/α,β-unsaturated/α-hetero) is 1. The molecule has 124 valence electrons. The van der Waals surface area contributed by atoms with Crippen LogP contribution in [0.25, 0.3) is 0 Å². The van der Waals surface area contributed by atoms with Gasteiger partial charge in [-0.25, -0.2) is 4.99 Å². The van der Waals surface area contributed by atoms with Crippen LogP contribution in [0, 0.1) is 13.8 Å². The minimum absolute atomic E-state index is 0.120. The second-order valence-electron chi connectivity index (χ2n) is 5.90. The van der Waals surface area contributed by atoms with Crippen LogP contribution >= 0.6 is 11.6 Å². The maximum absolute atomic E-state index is 13.1. The summed E-state index contributed by atoms with van der Waals surface area (Å²) >= 11 is 5.94. The molecule has 0 atom stereocenters. The summed E-state index contributed by atoms with van der Waals surface area (Å²) in [5.41, 5.74) is 4.71. The van der Waals surface area contributed by atoms with E-state index < -0.39 is 0 Å². The van der Waals surface area contributed by atoms with Gasteiger partial charge in [0.1, 0.15) is 5.71 Å². The third-order valence-corrected chi connectivity index (χ3v) is 4.28. The van der Waals surface area contributed by atoms with E-state index in [1.54, 1.807) is 24.3 Å². The fraction of sp³-hybridized carbons (Fsp3) is 0.0909. The second-order valence-corrected chi connectivity index (χ2v) is 6.34. The van der Waals surface area contributed by atoms with Crippen LogP contribution in [-0.4, -0.2) is 11.5 Å². The van der Waals surface area contributed by atoms with Gasteiger partial charge in [-0.3, -0.25) is 4.79 Å². The number of ketones is 1. The van der Waals surface area contributed by atoms with Crippen LogP contribution in [-0.2, 0) is 0 Å². The number of benzene rings is 3. The summed E-state index contributed by atoms with van der Waals surface area (Å²) in [6, 6.07) is 22.4. The number of hydrogen-bond acceptors (Lipinski definition) is 2. The summed E-state index contributed by atoms with van der Waals surface area (Å²) < 4.78 is 0. The molecule has 0 saturated heterocycles. The second kappa shape index (κ2) is 7.45. The molecule has 0 saturated carbocycles. The van der Waals surface area contributed by atoms with Gasteiger partial charge in [0, 0.05) is 16.1 Å². The van der Waals surface area contributed by atoms with Gasteiger partial charge in [-0.05, 0) is 49.2 Å². The number of hydrogen-bond donors (Lipinski definition) is 0. The van der Waals surface area contributed by atoms with E-state index in [1.807, 2.05) is 62.4 Å². The van der Waals surface area contributed by atoms with Crippen molar-refractivity contribution >= 4 is 28.8 Å². The SMILES string of the molecule is Cc1cccc(C)c1N=C(C(=O)c1ccc(Cl)cc1)c1ccccc1. The minimum atomic E-state index is -0.120. The molecule has 0 bridgehead atoms. The average Bonchev–Trinajstić information content (AvgIpc) is 2.62. The molecule has 2 nitrogen and oxygen atoms in total. The van der Waals surface area contributed by atoms with Crippen molar-refractivity contribution in [1.29, 1.82) is 0 Å². The fourth-order valence-corrected chi connectivity index (χ4v) is 2.80. The van der Waals surface area contributed by atoms with Gasteiger partial charge in [0.2, 0.25) is 5.78 Å². The van der Waals surface area contributed by atoms with E-state index in [0.717, 1.165) is 22.4 Å². The quantitative estimate of drug-likeness (QED) is 0.423. The smallest absolute Gasteiger partial charge is 0.211 e. The van der Waals surface area contributed by atoms with Crippen LogP contribution in [0.4, 0.5) is 5.69 Å². The summed E-state index contributed by atoms with van der Waals surface area (Å²) in [6.07, 6.45) is 0. The first-order valence-electron chi connectivity index (χ1n) is 8.07. The Morgan fingerprint density at radius 3 is 1.96 bits per heavy atom. The van der Waals surface area contributed by atoms with E-state index in [0.29, 0.717) is 16.3 Å². The van der Waals surface area contributed by atoms with Gasteiger partial charge in [0.05, 0.1) is 5.69 Å². The van der Waals surface area contributed by atoms with Gasteiger partial charge in [0.25, 0.3) is 0 Å². The van der Waals surface area contributed by atoms with Crippen LogP contribution < -0.4 is 0 Å². The van der Waals surface area contributed by atoms with Gasteiger partial charge in [-0.1, -0.05) is 60.1 Å². The highest BCUT2D eigenvalue weighted by Crippen LogP contribution is 2.25. The number of carbonyl (C=O) groups excluding carboxylic acids is 1. The van der Waals surface area contributed by atoms with E-state index >= 15 is 0 Å². The highest BCUT2D eigenvalue weighted by Gasteiger charge is 2.17. The molecule has 3 aromatic carbocycles. The molecule has 3 aromatic rings. The standard InChI is InChI=1S/C22H18ClNO/c1-15-7-6-8-16(2)20(15)24-21(17-9-4-3-5-10-17)22(25)18-11-13-19(23)14-12-18/h3-14H,1-2H3. The molecule has 0 unspecified atom stereocenters. The molecule has 0 amide bonds. The summed E-state index contributed by atoms with van der Waals surface area (Å²) in [6.45, 7) is 4.00. The predicted molar refractivity (Wildman–Crippen MR) is 104 cm³/mol. The molecule has 3 heteroatoms. The molecular formula is C22H18ClNO. The zero-order valence-corrected chi connectivity index (χ0v) is 14.9.